The summed E-state index contributed by atoms with van der Waals surface area (Å²) in [6.45, 7) is 1.38. The van der Waals surface area contributed by atoms with Crippen LogP contribution in [0.4, 0.5) is 10.2 Å². The highest BCUT2D eigenvalue weighted by atomic mass is 31.2. The summed E-state index contributed by atoms with van der Waals surface area (Å²) in [5, 5.41) is 45.1. The smallest absolute Gasteiger partial charge is 0.387 e. The lowest BCUT2D eigenvalue weighted by Crippen LogP contribution is -2.45. The molecule has 1 aromatic carbocycles. The fraction of sp³-hybridized carbons (Fsp3) is 0.667. The Hall–Kier alpha value is -3.54. The van der Waals surface area contributed by atoms with Crippen molar-refractivity contribution in [2.24, 2.45) is 0 Å². The minimum atomic E-state index is -4.90. The third kappa shape index (κ3) is 15.5. The van der Waals surface area contributed by atoms with Gasteiger partial charge in [-0.1, -0.05) is 103 Å². The number of aromatic nitrogens is 3. The number of aliphatic hydroxyl groups excluding tert-OH is 2. The summed E-state index contributed by atoms with van der Waals surface area (Å²) >= 11 is 0. The first-order valence-corrected chi connectivity index (χ1v) is 22.6. The molecular formula is C42H62FN6O9P. The van der Waals surface area contributed by atoms with Gasteiger partial charge >= 0.3 is 7.82 Å². The van der Waals surface area contributed by atoms with Gasteiger partial charge in [0.1, 0.15) is 54.8 Å². The van der Waals surface area contributed by atoms with Gasteiger partial charge in [-0.3, -0.25) is 9.05 Å². The quantitative estimate of drug-likeness (QED) is 0.0378. The van der Waals surface area contributed by atoms with Crippen LogP contribution in [0.2, 0.25) is 0 Å². The number of ether oxygens (including phenoxy) is 3. The summed E-state index contributed by atoms with van der Waals surface area (Å²) in [6, 6.07) is 10.8. The molecular weight excluding hydrogens is 782 g/mol. The summed E-state index contributed by atoms with van der Waals surface area (Å²) in [6.07, 6.45) is 15.9. The molecule has 3 heterocycles. The van der Waals surface area contributed by atoms with Gasteiger partial charge in [-0.05, 0) is 48.7 Å². The average molecular weight is 845 g/mol. The second-order valence-corrected chi connectivity index (χ2v) is 16.7. The molecule has 0 bridgehead atoms. The predicted molar refractivity (Wildman–Crippen MR) is 218 cm³/mol. The summed E-state index contributed by atoms with van der Waals surface area (Å²) in [4.78, 5) is 14.5. The van der Waals surface area contributed by atoms with Gasteiger partial charge in [-0.15, -0.1) is 0 Å². The largest absolute Gasteiger partial charge is 0.472 e. The number of nitrogen functional groups attached to an aromatic ring is 1. The molecule has 59 heavy (non-hydrogen) atoms. The van der Waals surface area contributed by atoms with Crippen molar-refractivity contribution in [1.29, 1.82) is 10.5 Å². The summed E-state index contributed by atoms with van der Waals surface area (Å²) in [7, 11) is -4.90. The molecule has 0 radical (unpaired) electrons. The number of unbranched alkanes of at least 4 members (excludes halogenated alkanes) is 15. The molecule has 326 valence electrons. The number of halogens is 1. The van der Waals surface area contributed by atoms with Crippen LogP contribution in [0.5, 0.6) is 0 Å². The first-order valence-electron chi connectivity index (χ1n) is 21.1. The van der Waals surface area contributed by atoms with Gasteiger partial charge in [0, 0.05) is 6.61 Å². The molecule has 0 aliphatic carbocycles. The SMILES string of the molecule is CCCCCCCCCCCCCCCCCCOC[C@H](COP(=O)(O)OC[C@@]1(C#N)O[C@@H](c2ccc3c(N)ncnn23)[C@H](O)[C@@H]1O)OCCc1cc(F)cc(C#N)c1. The number of nitrogens with two attached hydrogens (primary N) is 1. The topological polar surface area (TPSA) is 228 Å². The molecule has 1 aliphatic rings. The van der Waals surface area contributed by atoms with Crippen LogP contribution in [0.25, 0.3) is 5.52 Å². The van der Waals surface area contributed by atoms with Crippen molar-refractivity contribution in [2.45, 2.75) is 146 Å². The summed E-state index contributed by atoms with van der Waals surface area (Å²) < 4.78 is 56.4. The van der Waals surface area contributed by atoms with Crippen LogP contribution in [-0.2, 0) is 34.2 Å². The zero-order valence-corrected chi connectivity index (χ0v) is 35.2. The molecule has 1 unspecified atom stereocenters. The Balaban J connectivity index is 1.20. The molecule has 5 N–H and O–H groups in total. The minimum Gasteiger partial charge on any atom is -0.387 e. The van der Waals surface area contributed by atoms with Gasteiger partial charge in [-0.25, -0.2) is 18.5 Å². The summed E-state index contributed by atoms with van der Waals surface area (Å²) in [5.41, 5.74) is 5.01. The van der Waals surface area contributed by atoms with Crippen LogP contribution >= 0.6 is 7.82 Å². The normalized spacial score (nSPS) is 20.7. The lowest BCUT2D eigenvalue weighted by Gasteiger charge is -2.26. The Morgan fingerprint density at radius 2 is 1.58 bits per heavy atom. The van der Waals surface area contributed by atoms with Crippen LogP contribution in [0, 0.1) is 28.5 Å². The van der Waals surface area contributed by atoms with Crippen molar-refractivity contribution in [3.8, 4) is 12.1 Å². The molecule has 0 amide bonds. The van der Waals surface area contributed by atoms with E-state index in [4.69, 9.17) is 29.0 Å². The van der Waals surface area contributed by atoms with Crippen molar-refractivity contribution < 1.29 is 47.3 Å². The molecule has 1 aliphatic heterocycles. The lowest BCUT2D eigenvalue weighted by atomic mass is 9.96. The highest BCUT2D eigenvalue weighted by molar-refractivity contribution is 7.47. The number of fused-ring (bicyclic) bond motifs is 1. The van der Waals surface area contributed by atoms with Gasteiger partial charge in [0.05, 0.1) is 37.1 Å². The van der Waals surface area contributed by atoms with Crippen molar-refractivity contribution in [1.82, 2.24) is 14.6 Å². The zero-order valence-electron chi connectivity index (χ0n) is 34.3. The zero-order chi connectivity index (χ0) is 42.5. The molecule has 0 saturated carbocycles. The third-order valence-corrected chi connectivity index (χ3v) is 11.5. The highest BCUT2D eigenvalue weighted by Crippen LogP contribution is 2.47. The Bertz CT molecular complexity index is 1840. The number of hydrogen-bond donors (Lipinski definition) is 4. The maximum atomic E-state index is 14.0. The van der Waals surface area contributed by atoms with Crippen LogP contribution in [0.15, 0.2) is 36.7 Å². The average Bonchev–Trinajstić information content (AvgIpc) is 3.77. The van der Waals surface area contributed by atoms with Crippen molar-refractivity contribution >= 4 is 19.2 Å². The van der Waals surface area contributed by atoms with E-state index in [0.29, 0.717) is 17.7 Å². The number of hydrogen-bond acceptors (Lipinski definition) is 13. The standard InChI is InChI=1S/C42H62FN6O9P/c1-2-3-4-5-6-7-8-9-10-11-12-13-14-15-16-17-21-54-27-35(55-22-20-32-23-33(26-44)25-34(43)24-32)28-56-59(52,53)57-30-42(29-45)40(51)38(50)39(58-42)36-18-19-37-41(46)47-31-48-49(36)37/h18-19,23-25,31,35,38-40,50-51H,2-17,20-22,27-28,30H2,1H3,(H,52,53)(H2,46,47,48)/t35-,38+,39+,40+,42-/m1/s1. The maximum absolute atomic E-state index is 14.0. The van der Waals surface area contributed by atoms with E-state index in [9.17, 15) is 34.6 Å². The van der Waals surface area contributed by atoms with E-state index >= 15 is 0 Å². The van der Waals surface area contributed by atoms with E-state index in [0.717, 1.165) is 25.3 Å². The van der Waals surface area contributed by atoms with Gasteiger partial charge in [0.15, 0.2) is 5.82 Å². The first-order chi connectivity index (χ1) is 28.5. The number of nitriles is 2. The molecule has 2 aromatic heterocycles. The Morgan fingerprint density at radius 1 is 0.932 bits per heavy atom. The van der Waals surface area contributed by atoms with E-state index in [1.165, 1.54) is 106 Å². The van der Waals surface area contributed by atoms with Gasteiger partial charge in [0.2, 0.25) is 5.60 Å². The van der Waals surface area contributed by atoms with Gasteiger partial charge in [0.25, 0.3) is 0 Å². The van der Waals surface area contributed by atoms with E-state index in [1.54, 1.807) is 18.2 Å². The molecule has 3 aromatic rings. The fourth-order valence-electron chi connectivity index (χ4n) is 7.18. The number of nitrogens with zero attached hydrogens (tertiary/aromatic N) is 5. The van der Waals surface area contributed by atoms with Crippen molar-refractivity contribution in [3.05, 3.63) is 59.3 Å². The third-order valence-electron chi connectivity index (χ3n) is 10.6. The minimum absolute atomic E-state index is 0.0164. The summed E-state index contributed by atoms with van der Waals surface area (Å²) in [5.74, 6) is -0.396. The highest BCUT2D eigenvalue weighted by Gasteiger charge is 2.57. The lowest BCUT2D eigenvalue weighted by molar-refractivity contribution is -0.0780. The molecule has 17 heteroatoms. The van der Waals surface area contributed by atoms with Crippen LogP contribution < -0.4 is 5.73 Å². The number of benzene rings is 1. The monoisotopic (exact) mass is 844 g/mol. The molecule has 15 nitrogen and oxygen atoms in total. The van der Waals surface area contributed by atoms with E-state index in [-0.39, 0.29) is 36.7 Å². The van der Waals surface area contributed by atoms with E-state index in [2.05, 4.69) is 17.0 Å². The first kappa shape index (κ1) is 48.1. The van der Waals surface area contributed by atoms with Crippen LogP contribution in [0.3, 0.4) is 0 Å². The number of anilines is 1. The second kappa shape index (κ2) is 25.3. The number of phosphoric acid groups is 1. The van der Waals surface area contributed by atoms with Crippen molar-refractivity contribution in [2.75, 3.05) is 38.8 Å². The number of rotatable bonds is 30. The number of phosphoric ester groups is 1. The maximum Gasteiger partial charge on any atom is 0.472 e. The molecule has 4 rings (SSSR count). The predicted octanol–water partition coefficient (Wildman–Crippen LogP) is 7.42. The van der Waals surface area contributed by atoms with Crippen LogP contribution in [-0.4, -0.2) is 86.7 Å². The molecule has 6 atom stereocenters. The molecule has 1 saturated heterocycles. The number of aliphatic hydroxyl groups is 2. The van der Waals surface area contributed by atoms with Gasteiger partial charge < -0.3 is 35.1 Å². The van der Waals surface area contributed by atoms with Crippen LogP contribution in [0.1, 0.15) is 133 Å². The second-order valence-electron chi connectivity index (χ2n) is 15.3. The van der Waals surface area contributed by atoms with E-state index < -0.39 is 56.9 Å². The Labute approximate surface area is 347 Å². The van der Waals surface area contributed by atoms with E-state index in [1.807, 2.05) is 6.07 Å². The van der Waals surface area contributed by atoms with Crippen molar-refractivity contribution in [3.63, 3.8) is 0 Å². The molecule has 1 fully saturated rings. The Morgan fingerprint density at radius 3 is 2.20 bits per heavy atom. The molecule has 0 spiro atoms. The Kier molecular flexibility index (Phi) is 20.6. The van der Waals surface area contributed by atoms with Gasteiger partial charge in [-0.2, -0.15) is 15.6 Å². The fourth-order valence-corrected chi connectivity index (χ4v) is 7.97.